The molecule has 2 aliphatic rings. The zero-order valence-corrected chi connectivity index (χ0v) is 13.6. The maximum atomic E-state index is 12.4. The molecule has 0 aromatic rings. The Kier molecular flexibility index (Phi) is 5.84. The Labute approximate surface area is 123 Å². The van der Waals surface area contributed by atoms with E-state index < -0.39 is 10.2 Å². The molecule has 2 heterocycles. The van der Waals surface area contributed by atoms with Crippen LogP contribution in [0.3, 0.4) is 0 Å². The van der Waals surface area contributed by atoms with Crippen molar-refractivity contribution in [1.82, 2.24) is 14.3 Å². The number of rotatable bonds is 5. The molecule has 2 rings (SSSR count). The van der Waals surface area contributed by atoms with Crippen LogP contribution >= 0.6 is 0 Å². The first-order chi connectivity index (χ1) is 9.53. The van der Waals surface area contributed by atoms with E-state index >= 15 is 0 Å². The lowest BCUT2D eigenvalue weighted by Crippen LogP contribution is -2.52. The second-order valence-corrected chi connectivity index (χ2v) is 8.09. The Morgan fingerprint density at radius 2 is 2.10 bits per heavy atom. The Morgan fingerprint density at radius 1 is 1.30 bits per heavy atom. The van der Waals surface area contributed by atoms with Crippen molar-refractivity contribution in [1.29, 1.82) is 0 Å². The third-order valence-electron chi connectivity index (χ3n) is 4.70. The maximum absolute atomic E-state index is 12.4. The van der Waals surface area contributed by atoms with Crippen molar-refractivity contribution in [2.24, 2.45) is 11.8 Å². The lowest BCUT2D eigenvalue weighted by molar-refractivity contribution is 0.261. The van der Waals surface area contributed by atoms with Crippen LogP contribution in [-0.4, -0.2) is 44.9 Å². The zero-order valence-electron chi connectivity index (χ0n) is 12.8. The van der Waals surface area contributed by atoms with E-state index in [0.29, 0.717) is 31.5 Å². The quantitative estimate of drug-likeness (QED) is 0.805. The fourth-order valence-electron chi connectivity index (χ4n) is 3.40. The third kappa shape index (κ3) is 4.16. The molecule has 2 aliphatic heterocycles. The summed E-state index contributed by atoms with van der Waals surface area (Å²) < 4.78 is 29.1. The number of hydrogen-bond donors (Lipinski definition) is 2. The van der Waals surface area contributed by atoms with Gasteiger partial charge in [0.2, 0.25) is 0 Å². The number of nitrogens with one attached hydrogen (secondary N) is 2. The molecule has 5 nitrogen and oxygen atoms in total. The average molecular weight is 303 g/mol. The molecule has 0 bridgehead atoms. The summed E-state index contributed by atoms with van der Waals surface area (Å²) in [6.45, 7) is 7.15. The summed E-state index contributed by atoms with van der Waals surface area (Å²) >= 11 is 0. The summed E-state index contributed by atoms with van der Waals surface area (Å²) in [6, 6.07) is 0.283. The van der Waals surface area contributed by atoms with Gasteiger partial charge in [-0.05, 0) is 44.1 Å². The summed E-state index contributed by atoms with van der Waals surface area (Å²) in [5.74, 6) is 1.06. The van der Waals surface area contributed by atoms with E-state index in [0.717, 1.165) is 25.8 Å². The van der Waals surface area contributed by atoms with Gasteiger partial charge in [-0.25, -0.2) is 4.72 Å². The van der Waals surface area contributed by atoms with Gasteiger partial charge in [0.15, 0.2) is 0 Å². The number of hydrogen-bond acceptors (Lipinski definition) is 3. The van der Waals surface area contributed by atoms with Gasteiger partial charge in [-0.2, -0.15) is 12.7 Å². The smallest absolute Gasteiger partial charge is 0.279 e. The lowest BCUT2D eigenvalue weighted by Gasteiger charge is -2.34. The van der Waals surface area contributed by atoms with Crippen LogP contribution in [0.5, 0.6) is 0 Å². The molecule has 0 aliphatic carbocycles. The van der Waals surface area contributed by atoms with Crippen LogP contribution in [0.25, 0.3) is 0 Å². The molecule has 0 saturated carbocycles. The highest BCUT2D eigenvalue weighted by molar-refractivity contribution is 7.87. The van der Waals surface area contributed by atoms with E-state index in [2.05, 4.69) is 23.9 Å². The van der Waals surface area contributed by atoms with Gasteiger partial charge in [-0.3, -0.25) is 0 Å². The molecule has 3 unspecified atom stereocenters. The van der Waals surface area contributed by atoms with Crippen LogP contribution in [0, 0.1) is 11.8 Å². The van der Waals surface area contributed by atoms with Gasteiger partial charge in [0.05, 0.1) is 0 Å². The van der Waals surface area contributed by atoms with E-state index in [9.17, 15) is 8.42 Å². The molecule has 118 valence electrons. The molecule has 2 fully saturated rings. The normalized spacial score (nSPS) is 33.2. The van der Waals surface area contributed by atoms with E-state index in [1.165, 1.54) is 12.8 Å². The molecular formula is C14H29N3O2S. The van der Waals surface area contributed by atoms with Crippen molar-refractivity contribution in [3.05, 3.63) is 0 Å². The highest BCUT2D eigenvalue weighted by atomic mass is 32.2. The minimum atomic E-state index is -3.30. The summed E-state index contributed by atoms with van der Waals surface area (Å²) in [7, 11) is -3.30. The molecule has 0 amide bonds. The highest BCUT2D eigenvalue weighted by Crippen LogP contribution is 2.20. The first-order valence-electron chi connectivity index (χ1n) is 8.01. The van der Waals surface area contributed by atoms with Gasteiger partial charge in [-0.15, -0.1) is 0 Å². The van der Waals surface area contributed by atoms with Gasteiger partial charge in [0, 0.05) is 25.7 Å². The van der Waals surface area contributed by atoms with E-state index in [1.54, 1.807) is 4.31 Å². The molecular weight excluding hydrogens is 274 g/mol. The fraction of sp³-hybridized carbons (Fsp3) is 1.00. The van der Waals surface area contributed by atoms with Crippen molar-refractivity contribution in [2.45, 2.75) is 52.0 Å². The van der Waals surface area contributed by atoms with Gasteiger partial charge < -0.3 is 5.32 Å². The average Bonchev–Trinajstić information content (AvgIpc) is 2.45. The maximum Gasteiger partial charge on any atom is 0.279 e. The molecule has 2 N–H and O–H groups in total. The summed E-state index contributed by atoms with van der Waals surface area (Å²) in [5, 5.41) is 3.46. The Morgan fingerprint density at radius 3 is 2.80 bits per heavy atom. The minimum absolute atomic E-state index is 0.283. The van der Waals surface area contributed by atoms with Crippen LogP contribution < -0.4 is 10.0 Å². The standard InChI is InChI=1S/C14H29N3O2S/c1-3-13-7-4-8-15-14(13)10-16-20(18,19)17-9-5-6-12(2)11-17/h12-16H,3-11H2,1-2H3. The van der Waals surface area contributed by atoms with Crippen molar-refractivity contribution in [3.8, 4) is 0 Å². The molecule has 0 aromatic carbocycles. The summed E-state index contributed by atoms with van der Waals surface area (Å²) in [6.07, 6.45) is 5.62. The zero-order chi connectivity index (χ0) is 14.6. The van der Waals surface area contributed by atoms with Crippen LogP contribution in [0.4, 0.5) is 0 Å². The number of piperidine rings is 2. The van der Waals surface area contributed by atoms with Gasteiger partial charge in [-0.1, -0.05) is 20.3 Å². The summed E-state index contributed by atoms with van der Waals surface area (Å²) in [5.41, 5.74) is 0. The van der Waals surface area contributed by atoms with Gasteiger partial charge >= 0.3 is 0 Å². The molecule has 3 atom stereocenters. The molecule has 0 aromatic heterocycles. The van der Waals surface area contributed by atoms with Crippen molar-refractivity contribution >= 4 is 10.2 Å². The predicted octanol–water partition coefficient (Wildman–Crippen LogP) is 1.33. The summed E-state index contributed by atoms with van der Waals surface area (Å²) in [4.78, 5) is 0. The monoisotopic (exact) mass is 303 g/mol. The molecule has 0 radical (unpaired) electrons. The Hall–Kier alpha value is -0.170. The van der Waals surface area contributed by atoms with Crippen molar-refractivity contribution in [3.63, 3.8) is 0 Å². The molecule has 20 heavy (non-hydrogen) atoms. The Bertz CT molecular complexity index is 399. The topological polar surface area (TPSA) is 61.4 Å². The first kappa shape index (κ1) is 16.2. The number of nitrogens with zero attached hydrogens (tertiary/aromatic N) is 1. The largest absolute Gasteiger partial charge is 0.312 e. The first-order valence-corrected chi connectivity index (χ1v) is 9.45. The second kappa shape index (κ2) is 7.20. The predicted molar refractivity (Wildman–Crippen MR) is 81.7 cm³/mol. The Balaban J connectivity index is 1.88. The van der Waals surface area contributed by atoms with Crippen molar-refractivity contribution in [2.75, 3.05) is 26.2 Å². The lowest BCUT2D eigenvalue weighted by atomic mass is 9.89. The van der Waals surface area contributed by atoms with E-state index in [4.69, 9.17) is 0 Å². The second-order valence-electron chi connectivity index (χ2n) is 6.33. The SMILES string of the molecule is CCC1CCCNC1CNS(=O)(=O)N1CCCC(C)C1. The molecule has 6 heteroatoms. The molecule has 2 saturated heterocycles. The van der Waals surface area contributed by atoms with Gasteiger partial charge in [0.25, 0.3) is 10.2 Å². The molecule has 0 spiro atoms. The van der Waals surface area contributed by atoms with Crippen LogP contribution in [0.2, 0.25) is 0 Å². The van der Waals surface area contributed by atoms with Crippen molar-refractivity contribution < 1.29 is 8.42 Å². The minimum Gasteiger partial charge on any atom is -0.312 e. The highest BCUT2D eigenvalue weighted by Gasteiger charge is 2.29. The van der Waals surface area contributed by atoms with Crippen LogP contribution in [0.1, 0.15) is 46.0 Å². The third-order valence-corrected chi connectivity index (χ3v) is 6.24. The van der Waals surface area contributed by atoms with E-state index in [-0.39, 0.29) is 6.04 Å². The van der Waals surface area contributed by atoms with E-state index in [1.807, 2.05) is 0 Å². The fourth-order valence-corrected chi connectivity index (χ4v) is 4.79. The van der Waals surface area contributed by atoms with Crippen LogP contribution in [-0.2, 0) is 10.2 Å². The van der Waals surface area contributed by atoms with Crippen LogP contribution in [0.15, 0.2) is 0 Å². The van der Waals surface area contributed by atoms with Gasteiger partial charge in [0.1, 0.15) is 0 Å².